The number of aromatic nitrogens is 3. The number of ether oxygens (including phenoxy) is 1. The largest absolute Gasteiger partial charge is 0.494 e. The Hall–Kier alpha value is -2.93. The molecule has 2 aromatic heterocycles. The summed E-state index contributed by atoms with van der Waals surface area (Å²) < 4.78 is 7.10. The van der Waals surface area contributed by atoms with Crippen molar-refractivity contribution < 1.29 is 14.6 Å². The normalized spacial score (nSPS) is 13.6. The topological polar surface area (TPSA) is 80.0 Å². The van der Waals surface area contributed by atoms with Gasteiger partial charge in [-0.05, 0) is 49.4 Å². The molecule has 1 saturated carbocycles. The van der Waals surface area contributed by atoms with Crippen LogP contribution in [0.3, 0.4) is 0 Å². The maximum atomic E-state index is 13.3. The van der Waals surface area contributed by atoms with Crippen molar-refractivity contribution in [2.45, 2.75) is 38.8 Å². The van der Waals surface area contributed by atoms with Gasteiger partial charge in [-0.15, -0.1) is 0 Å². The number of carbonyl (C=O) groups excluding carboxylic acids is 1. The molecule has 7 heteroatoms. The molecule has 1 aromatic carbocycles. The molecule has 0 bridgehead atoms. The van der Waals surface area contributed by atoms with E-state index >= 15 is 0 Å². The molecule has 1 aliphatic rings. The molecule has 4 rings (SSSR count). The van der Waals surface area contributed by atoms with Crippen molar-refractivity contribution in [2.24, 2.45) is 0 Å². The third-order valence-corrected chi connectivity index (χ3v) is 4.88. The van der Waals surface area contributed by atoms with Gasteiger partial charge in [0, 0.05) is 31.6 Å². The Morgan fingerprint density at radius 3 is 2.71 bits per heavy atom. The minimum absolute atomic E-state index is 0.0474. The highest BCUT2D eigenvalue weighted by Crippen LogP contribution is 2.30. The highest BCUT2D eigenvalue weighted by Gasteiger charge is 2.34. The quantitative estimate of drug-likeness (QED) is 0.649. The third-order valence-electron chi connectivity index (χ3n) is 4.88. The van der Waals surface area contributed by atoms with E-state index in [1.807, 2.05) is 42.3 Å². The van der Waals surface area contributed by atoms with Crippen molar-refractivity contribution in [3.05, 3.63) is 59.5 Å². The number of aliphatic hydroxyl groups is 1. The first-order valence-corrected chi connectivity index (χ1v) is 9.65. The van der Waals surface area contributed by atoms with Crippen LogP contribution in [0.25, 0.3) is 5.65 Å². The SMILES string of the molecule is CCOc1ccc(CN(C(=O)c2cnn3cc(CCO)cnc23)C2CC2)cc1. The minimum atomic E-state index is -0.0474. The Morgan fingerprint density at radius 2 is 2.04 bits per heavy atom. The van der Waals surface area contributed by atoms with Gasteiger partial charge in [0.2, 0.25) is 0 Å². The standard InChI is InChI=1S/C21H24N4O3/c1-2-28-18-7-3-15(4-8-18)13-24(17-5-6-17)21(27)19-12-23-25-14-16(9-10-26)11-22-20(19)25/h3-4,7-8,11-12,14,17,26H,2,5-6,9-10,13H2,1H3. The van der Waals surface area contributed by atoms with Crippen LogP contribution in [0.15, 0.2) is 42.9 Å². The molecule has 1 fully saturated rings. The number of aliphatic hydroxyl groups excluding tert-OH is 1. The Balaban J connectivity index is 1.56. The predicted molar refractivity (Wildman–Crippen MR) is 104 cm³/mol. The number of hydrogen-bond acceptors (Lipinski definition) is 5. The van der Waals surface area contributed by atoms with Crippen LogP contribution in [0.1, 0.15) is 41.3 Å². The van der Waals surface area contributed by atoms with Gasteiger partial charge in [0.1, 0.15) is 11.3 Å². The van der Waals surface area contributed by atoms with Gasteiger partial charge in [0.15, 0.2) is 5.65 Å². The lowest BCUT2D eigenvalue weighted by Gasteiger charge is -2.22. The summed E-state index contributed by atoms with van der Waals surface area (Å²) in [5.41, 5.74) is 3.00. The van der Waals surface area contributed by atoms with Gasteiger partial charge in [0.25, 0.3) is 5.91 Å². The van der Waals surface area contributed by atoms with Crippen molar-refractivity contribution in [2.75, 3.05) is 13.2 Å². The number of amides is 1. The van der Waals surface area contributed by atoms with Crippen LogP contribution in [0, 0.1) is 0 Å². The van der Waals surface area contributed by atoms with E-state index in [2.05, 4.69) is 10.1 Å². The van der Waals surface area contributed by atoms with Crippen LogP contribution < -0.4 is 4.74 Å². The maximum absolute atomic E-state index is 13.3. The van der Waals surface area contributed by atoms with Gasteiger partial charge in [-0.25, -0.2) is 9.50 Å². The van der Waals surface area contributed by atoms with Crippen molar-refractivity contribution in [3.63, 3.8) is 0 Å². The lowest BCUT2D eigenvalue weighted by atomic mass is 10.2. The van der Waals surface area contributed by atoms with E-state index < -0.39 is 0 Å². The molecule has 2 heterocycles. The summed E-state index contributed by atoms with van der Waals surface area (Å²) in [6.45, 7) is 3.19. The van der Waals surface area contributed by atoms with Crippen LogP contribution in [0.4, 0.5) is 0 Å². The molecule has 0 radical (unpaired) electrons. The molecule has 0 atom stereocenters. The predicted octanol–water partition coefficient (Wildman–Crippen LogP) is 2.47. The van der Waals surface area contributed by atoms with Crippen LogP contribution >= 0.6 is 0 Å². The first kappa shape index (κ1) is 18.4. The Morgan fingerprint density at radius 1 is 1.25 bits per heavy atom. The summed E-state index contributed by atoms with van der Waals surface area (Å²) in [5.74, 6) is 0.787. The minimum Gasteiger partial charge on any atom is -0.494 e. The van der Waals surface area contributed by atoms with Gasteiger partial charge in [0.05, 0.1) is 12.8 Å². The highest BCUT2D eigenvalue weighted by molar-refractivity contribution is 5.99. The van der Waals surface area contributed by atoms with Crippen molar-refractivity contribution >= 4 is 11.6 Å². The zero-order chi connectivity index (χ0) is 19.5. The first-order chi connectivity index (χ1) is 13.7. The van der Waals surface area contributed by atoms with Gasteiger partial charge in [-0.2, -0.15) is 5.10 Å². The van der Waals surface area contributed by atoms with E-state index in [9.17, 15) is 4.79 Å². The summed E-state index contributed by atoms with van der Waals surface area (Å²) in [4.78, 5) is 19.6. The summed E-state index contributed by atoms with van der Waals surface area (Å²) in [6.07, 6.45) is 7.65. The summed E-state index contributed by atoms with van der Waals surface area (Å²) in [6, 6.07) is 8.15. The molecule has 7 nitrogen and oxygen atoms in total. The highest BCUT2D eigenvalue weighted by atomic mass is 16.5. The molecule has 1 aliphatic carbocycles. The van der Waals surface area contributed by atoms with Crippen LogP contribution in [-0.4, -0.2) is 49.8 Å². The van der Waals surface area contributed by atoms with Gasteiger partial charge >= 0.3 is 0 Å². The van der Waals surface area contributed by atoms with E-state index in [1.54, 1.807) is 16.9 Å². The molecule has 1 amide bonds. The molecular weight excluding hydrogens is 356 g/mol. The molecule has 1 N–H and O–H groups in total. The Labute approximate surface area is 163 Å². The van der Waals surface area contributed by atoms with E-state index in [-0.39, 0.29) is 18.6 Å². The zero-order valence-electron chi connectivity index (χ0n) is 15.9. The van der Waals surface area contributed by atoms with Gasteiger partial charge in [-0.3, -0.25) is 4.79 Å². The maximum Gasteiger partial charge on any atom is 0.259 e. The smallest absolute Gasteiger partial charge is 0.259 e. The number of hydrogen-bond donors (Lipinski definition) is 1. The third kappa shape index (κ3) is 3.84. The van der Waals surface area contributed by atoms with Gasteiger partial charge < -0.3 is 14.7 Å². The second-order valence-corrected chi connectivity index (χ2v) is 7.00. The van der Waals surface area contributed by atoms with Crippen molar-refractivity contribution in [1.29, 1.82) is 0 Å². The number of benzene rings is 1. The van der Waals surface area contributed by atoms with Crippen LogP contribution in [-0.2, 0) is 13.0 Å². The van der Waals surface area contributed by atoms with Gasteiger partial charge in [-0.1, -0.05) is 12.1 Å². The summed E-state index contributed by atoms with van der Waals surface area (Å²) in [5, 5.41) is 13.4. The fourth-order valence-electron chi connectivity index (χ4n) is 3.28. The lowest BCUT2D eigenvalue weighted by Crippen LogP contribution is -2.32. The lowest BCUT2D eigenvalue weighted by molar-refractivity contribution is 0.0731. The van der Waals surface area contributed by atoms with Crippen LogP contribution in [0.5, 0.6) is 5.75 Å². The Bertz CT molecular complexity index is 963. The second-order valence-electron chi connectivity index (χ2n) is 7.00. The molecular formula is C21H24N4O3. The summed E-state index contributed by atoms with van der Waals surface area (Å²) in [7, 11) is 0. The number of rotatable bonds is 8. The first-order valence-electron chi connectivity index (χ1n) is 9.65. The summed E-state index contributed by atoms with van der Waals surface area (Å²) >= 11 is 0. The Kier molecular flexibility index (Phi) is 5.25. The molecule has 28 heavy (non-hydrogen) atoms. The molecule has 146 valence electrons. The second kappa shape index (κ2) is 7.98. The molecule has 3 aromatic rings. The molecule has 0 unspecified atom stereocenters. The fourth-order valence-corrected chi connectivity index (χ4v) is 3.28. The number of nitrogens with zero attached hydrogens (tertiary/aromatic N) is 4. The van der Waals surface area contributed by atoms with Crippen molar-refractivity contribution in [3.8, 4) is 5.75 Å². The van der Waals surface area contributed by atoms with Crippen molar-refractivity contribution in [1.82, 2.24) is 19.5 Å². The zero-order valence-corrected chi connectivity index (χ0v) is 15.9. The van der Waals surface area contributed by atoms with E-state index in [0.29, 0.717) is 30.8 Å². The fraction of sp³-hybridized carbons (Fsp3) is 0.381. The number of fused-ring (bicyclic) bond motifs is 1. The molecule has 0 saturated heterocycles. The van der Waals surface area contributed by atoms with Crippen LogP contribution in [0.2, 0.25) is 0 Å². The monoisotopic (exact) mass is 380 g/mol. The number of carbonyl (C=O) groups is 1. The average Bonchev–Trinajstić information content (AvgIpc) is 3.46. The van der Waals surface area contributed by atoms with E-state index in [4.69, 9.17) is 9.84 Å². The van der Waals surface area contributed by atoms with E-state index in [0.717, 1.165) is 29.7 Å². The molecule has 0 spiro atoms. The molecule has 0 aliphatic heterocycles. The van der Waals surface area contributed by atoms with E-state index in [1.165, 1.54) is 0 Å². The average molecular weight is 380 g/mol.